The van der Waals surface area contributed by atoms with Crippen LogP contribution in [0.5, 0.6) is 0 Å². The Balaban J connectivity index is 1.35. The number of hydrogen-bond donors (Lipinski definition) is 1. The first-order valence-electron chi connectivity index (χ1n) is 9.80. The Morgan fingerprint density at radius 2 is 1.96 bits per heavy atom. The number of piperidine rings is 1. The molecule has 2 aromatic rings. The molecule has 2 amide bonds. The monoisotopic (exact) mass is 383 g/mol. The lowest BCUT2D eigenvalue weighted by Crippen LogP contribution is -2.56. The maximum atomic E-state index is 12.9. The molecule has 1 aromatic heterocycles. The predicted molar refractivity (Wildman–Crippen MR) is 101 cm³/mol. The van der Waals surface area contributed by atoms with Gasteiger partial charge in [0.1, 0.15) is 0 Å². The van der Waals surface area contributed by atoms with E-state index in [9.17, 15) is 9.59 Å². The molecule has 3 heterocycles. The molecule has 0 spiro atoms. The van der Waals surface area contributed by atoms with Crippen LogP contribution >= 0.6 is 0 Å². The lowest BCUT2D eigenvalue weighted by molar-refractivity contribution is -0.139. The molecule has 28 heavy (non-hydrogen) atoms. The second-order valence-corrected chi connectivity index (χ2v) is 7.41. The van der Waals surface area contributed by atoms with Crippen LogP contribution in [0.25, 0.3) is 0 Å². The standard InChI is InChI=1S/C20H25N5O3/c26-18(24-9-6-16(7-10-24)19-22-14-28-23-19)12-17-20(27)21-8-11-25(17)13-15-4-2-1-3-5-15/h1-5,14,16-17H,6-13H2,(H,21,27)/t17-/m0/s1. The number of aromatic nitrogens is 2. The van der Waals surface area contributed by atoms with Gasteiger partial charge in [0, 0.05) is 38.6 Å². The molecule has 0 aliphatic carbocycles. The van der Waals surface area contributed by atoms with Crippen molar-refractivity contribution in [2.45, 2.75) is 37.8 Å². The number of benzene rings is 1. The first-order chi connectivity index (χ1) is 13.7. The molecule has 1 N–H and O–H groups in total. The Bertz CT molecular complexity index is 787. The minimum absolute atomic E-state index is 0.0340. The Morgan fingerprint density at radius 3 is 2.68 bits per heavy atom. The smallest absolute Gasteiger partial charge is 0.237 e. The largest absolute Gasteiger partial charge is 0.353 e. The summed E-state index contributed by atoms with van der Waals surface area (Å²) < 4.78 is 4.82. The van der Waals surface area contributed by atoms with Gasteiger partial charge in [0.15, 0.2) is 5.82 Å². The summed E-state index contributed by atoms with van der Waals surface area (Å²) >= 11 is 0. The number of amides is 2. The lowest BCUT2D eigenvalue weighted by atomic mass is 9.95. The molecular formula is C20H25N5O3. The Labute approximate surface area is 163 Å². The summed E-state index contributed by atoms with van der Waals surface area (Å²) in [7, 11) is 0. The molecule has 0 unspecified atom stereocenters. The highest BCUT2D eigenvalue weighted by atomic mass is 16.5. The van der Waals surface area contributed by atoms with E-state index < -0.39 is 6.04 Å². The van der Waals surface area contributed by atoms with E-state index in [1.165, 1.54) is 6.39 Å². The summed E-state index contributed by atoms with van der Waals surface area (Å²) in [6.45, 7) is 3.35. The summed E-state index contributed by atoms with van der Waals surface area (Å²) in [6, 6.07) is 9.64. The van der Waals surface area contributed by atoms with Crippen LogP contribution in [0.15, 0.2) is 41.2 Å². The molecule has 8 nitrogen and oxygen atoms in total. The molecule has 1 atom stereocenters. The predicted octanol–water partition coefficient (Wildman–Crippen LogP) is 1.17. The highest BCUT2D eigenvalue weighted by Gasteiger charge is 2.34. The van der Waals surface area contributed by atoms with Crippen molar-refractivity contribution in [2.75, 3.05) is 26.2 Å². The van der Waals surface area contributed by atoms with Crippen LogP contribution in [0.1, 0.15) is 36.6 Å². The molecule has 2 aliphatic heterocycles. The fourth-order valence-corrected chi connectivity index (χ4v) is 4.03. The van der Waals surface area contributed by atoms with Crippen LogP contribution in [0, 0.1) is 0 Å². The molecule has 4 rings (SSSR count). The van der Waals surface area contributed by atoms with Crippen molar-refractivity contribution >= 4 is 11.8 Å². The molecule has 0 bridgehead atoms. The van der Waals surface area contributed by atoms with Crippen molar-refractivity contribution in [3.8, 4) is 0 Å². The molecule has 0 saturated carbocycles. The average Bonchev–Trinajstić information content (AvgIpc) is 3.26. The Morgan fingerprint density at radius 1 is 1.18 bits per heavy atom. The minimum Gasteiger partial charge on any atom is -0.353 e. The van der Waals surface area contributed by atoms with E-state index in [-0.39, 0.29) is 24.2 Å². The number of carbonyl (C=O) groups is 2. The van der Waals surface area contributed by atoms with Gasteiger partial charge in [-0.2, -0.15) is 4.98 Å². The summed E-state index contributed by atoms with van der Waals surface area (Å²) in [5.74, 6) is 0.923. The lowest BCUT2D eigenvalue weighted by Gasteiger charge is -2.37. The topological polar surface area (TPSA) is 91.6 Å². The quantitative estimate of drug-likeness (QED) is 0.833. The van der Waals surface area contributed by atoms with Gasteiger partial charge < -0.3 is 14.7 Å². The van der Waals surface area contributed by atoms with Crippen LogP contribution in [-0.2, 0) is 16.1 Å². The number of likely N-dealkylation sites (tertiary alicyclic amines) is 1. The first-order valence-corrected chi connectivity index (χ1v) is 9.80. The number of rotatable bonds is 5. The van der Waals surface area contributed by atoms with Gasteiger partial charge >= 0.3 is 0 Å². The highest BCUT2D eigenvalue weighted by Crippen LogP contribution is 2.26. The number of piperazine rings is 1. The maximum absolute atomic E-state index is 12.9. The van der Waals surface area contributed by atoms with Crippen molar-refractivity contribution in [1.82, 2.24) is 25.3 Å². The van der Waals surface area contributed by atoms with Gasteiger partial charge in [-0.1, -0.05) is 35.5 Å². The third kappa shape index (κ3) is 4.22. The molecule has 0 radical (unpaired) electrons. The van der Waals surface area contributed by atoms with Crippen molar-refractivity contribution in [2.24, 2.45) is 0 Å². The molecular weight excluding hydrogens is 358 g/mol. The maximum Gasteiger partial charge on any atom is 0.237 e. The summed E-state index contributed by atoms with van der Waals surface area (Å²) in [5, 5.41) is 6.82. The third-order valence-corrected chi connectivity index (χ3v) is 5.63. The number of nitrogens with one attached hydrogen (secondary N) is 1. The van der Waals surface area contributed by atoms with E-state index in [0.717, 1.165) is 24.9 Å². The SMILES string of the molecule is O=C1NCCN(Cc2ccccc2)[C@H]1CC(=O)N1CCC(c2ncon2)CC1. The molecule has 1 aromatic carbocycles. The van der Waals surface area contributed by atoms with Gasteiger partial charge in [-0.15, -0.1) is 0 Å². The number of carbonyl (C=O) groups excluding carboxylic acids is 2. The van der Waals surface area contributed by atoms with Gasteiger partial charge in [-0.05, 0) is 18.4 Å². The van der Waals surface area contributed by atoms with E-state index in [4.69, 9.17) is 4.52 Å². The second-order valence-electron chi connectivity index (χ2n) is 7.41. The van der Waals surface area contributed by atoms with Crippen LogP contribution in [-0.4, -0.2) is 64.0 Å². The third-order valence-electron chi connectivity index (χ3n) is 5.63. The first kappa shape index (κ1) is 18.6. The minimum atomic E-state index is -0.420. The van der Waals surface area contributed by atoms with Crippen molar-refractivity contribution < 1.29 is 14.1 Å². The van der Waals surface area contributed by atoms with E-state index in [0.29, 0.717) is 32.0 Å². The zero-order valence-electron chi connectivity index (χ0n) is 15.8. The normalized spacial score (nSPS) is 21.5. The van der Waals surface area contributed by atoms with Gasteiger partial charge in [-0.3, -0.25) is 14.5 Å². The van der Waals surface area contributed by atoms with Crippen LogP contribution < -0.4 is 5.32 Å². The molecule has 2 fully saturated rings. The molecule has 148 valence electrons. The zero-order valence-corrected chi connectivity index (χ0v) is 15.8. The van der Waals surface area contributed by atoms with E-state index in [1.54, 1.807) is 0 Å². The van der Waals surface area contributed by atoms with Crippen molar-refractivity contribution in [1.29, 1.82) is 0 Å². The highest BCUT2D eigenvalue weighted by molar-refractivity contribution is 5.88. The Kier molecular flexibility index (Phi) is 5.66. The van der Waals surface area contributed by atoms with Gasteiger partial charge in [0.05, 0.1) is 12.5 Å². The summed E-state index contributed by atoms with van der Waals surface area (Å²) in [4.78, 5) is 33.4. The fourth-order valence-electron chi connectivity index (χ4n) is 4.03. The average molecular weight is 383 g/mol. The van der Waals surface area contributed by atoms with Crippen molar-refractivity contribution in [3.63, 3.8) is 0 Å². The van der Waals surface area contributed by atoms with Crippen LogP contribution in [0.4, 0.5) is 0 Å². The number of nitrogens with zero attached hydrogens (tertiary/aromatic N) is 4. The summed E-state index contributed by atoms with van der Waals surface area (Å²) in [6.07, 6.45) is 3.19. The molecule has 2 aliphatic rings. The van der Waals surface area contributed by atoms with Gasteiger partial charge in [0.25, 0.3) is 0 Å². The zero-order chi connectivity index (χ0) is 19.3. The fraction of sp³-hybridized carbons (Fsp3) is 0.500. The Hall–Kier alpha value is -2.74. The van der Waals surface area contributed by atoms with Crippen molar-refractivity contribution in [3.05, 3.63) is 48.1 Å². The molecule has 8 heteroatoms. The molecule has 2 saturated heterocycles. The van der Waals surface area contributed by atoms with Crippen LogP contribution in [0.3, 0.4) is 0 Å². The van der Waals surface area contributed by atoms with E-state index in [2.05, 4.69) is 20.4 Å². The summed E-state index contributed by atoms with van der Waals surface area (Å²) in [5.41, 5.74) is 1.15. The second kappa shape index (κ2) is 8.52. The number of hydrogen-bond acceptors (Lipinski definition) is 6. The van der Waals surface area contributed by atoms with Gasteiger partial charge in [-0.25, -0.2) is 0 Å². The van der Waals surface area contributed by atoms with E-state index in [1.807, 2.05) is 35.2 Å². The van der Waals surface area contributed by atoms with Crippen LogP contribution in [0.2, 0.25) is 0 Å². The van der Waals surface area contributed by atoms with E-state index >= 15 is 0 Å². The van der Waals surface area contributed by atoms with Gasteiger partial charge in [0.2, 0.25) is 18.2 Å².